The van der Waals surface area contributed by atoms with Crippen molar-refractivity contribution in [2.45, 2.75) is 19.6 Å². The second-order valence-electron chi connectivity index (χ2n) is 4.41. The van der Waals surface area contributed by atoms with Gasteiger partial charge in [0.25, 0.3) is 0 Å². The standard InChI is InChI=1S/C13H16N2O2S/c1-9-4-3-5-15-6-11(14-12(9)15)8-18-7-10(2)13(16)17/h3-6,10H,7-8H2,1-2H3,(H,16,17). The van der Waals surface area contributed by atoms with Crippen LogP contribution in [0, 0.1) is 12.8 Å². The number of carboxylic acid groups (broad SMARTS) is 1. The Labute approximate surface area is 110 Å². The van der Waals surface area contributed by atoms with Crippen LogP contribution in [0.15, 0.2) is 24.5 Å². The van der Waals surface area contributed by atoms with E-state index >= 15 is 0 Å². The summed E-state index contributed by atoms with van der Waals surface area (Å²) in [5.41, 5.74) is 3.11. The van der Waals surface area contributed by atoms with Gasteiger partial charge in [-0.15, -0.1) is 0 Å². The molecule has 2 rings (SSSR count). The molecule has 2 aromatic heterocycles. The first kappa shape index (κ1) is 13.0. The molecule has 0 bridgehead atoms. The molecule has 0 amide bonds. The van der Waals surface area contributed by atoms with E-state index in [9.17, 15) is 4.79 Å². The molecular formula is C13H16N2O2S. The third-order valence-electron chi connectivity index (χ3n) is 2.77. The topological polar surface area (TPSA) is 54.6 Å². The maximum Gasteiger partial charge on any atom is 0.307 e. The fraction of sp³-hybridized carbons (Fsp3) is 0.385. The number of imidazole rings is 1. The van der Waals surface area contributed by atoms with E-state index in [1.54, 1.807) is 18.7 Å². The predicted octanol–water partition coefficient (Wildman–Crippen LogP) is 2.60. The molecule has 0 fully saturated rings. The highest BCUT2D eigenvalue weighted by Crippen LogP contribution is 2.17. The van der Waals surface area contributed by atoms with Crippen molar-refractivity contribution in [1.29, 1.82) is 0 Å². The van der Waals surface area contributed by atoms with Gasteiger partial charge < -0.3 is 9.51 Å². The van der Waals surface area contributed by atoms with Crippen LogP contribution in [-0.2, 0) is 10.5 Å². The number of aliphatic carboxylic acids is 1. The van der Waals surface area contributed by atoms with Crippen molar-refractivity contribution in [3.05, 3.63) is 35.8 Å². The van der Waals surface area contributed by atoms with Gasteiger partial charge in [0.2, 0.25) is 0 Å². The lowest BCUT2D eigenvalue weighted by molar-refractivity contribution is -0.140. The van der Waals surface area contributed by atoms with Crippen LogP contribution in [0.3, 0.4) is 0 Å². The minimum Gasteiger partial charge on any atom is -0.481 e. The van der Waals surface area contributed by atoms with Crippen LogP contribution >= 0.6 is 11.8 Å². The Morgan fingerprint density at radius 1 is 1.61 bits per heavy atom. The van der Waals surface area contributed by atoms with Gasteiger partial charge >= 0.3 is 5.97 Å². The van der Waals surface area contributed by atoms with Gasteiger partial charge in [-0.1, -0.05) is 13.0 Å². The van der Waals surface area contributed by atoms with Gasteiger partial charge in [0.05, 0.1) is 11.6 Å². The molecule has 2 heterocycles. The zero-order chi connectivity index (χ0) is 13.1. The lowest BCUT2D eigenvalue weighted by atomic mass is 10.2. The Morgan fingerprint density at radius 3 is 3.06 bits per heavy atom. The van der Waals surface area contributed by atoms with Gasteiger partial charge in [0, 0.05) is 23.9 Å². The average Bonchev–Trinajstić information content (AvgIpc) is 2.73. The van der Waals surface area contributed by atoms with Crippen LogP contribution < -0.4 is 0 Å². The third-order valence-corrected chi connectivity index (χ3v) is 4.00. The van der Waals surface area contributed by atoms with Crippen molar-refractivity contribution in [3.8, 4) is 0 Å². The summed E-state index contributed by atoms with van der Waals surface area (Å²) in [6.07, 6.45) is 3.98. The Kier molecular flexibility index (Phi) is 3.91. The molecule has 5 heteroatoms. The number of fused-ring (bicyclic) bond motifs is 1. The Morgan fingerprint density at radius 2 is 2.39 bits per heavy atom. The molecule has 0 radical (unpaired) electrons. The summed E-state index contributed by atoms with van der Waals surface area (Å²) in [5.74, 6) is 0.308. The SMILES string of the molecule is Cc1cccn2cc(CSCC(C)C(=O)O)nc12. The van der Waals surface area contributed by atoms with Crippen LogP contribution in [0.1, 0.15) is 18.2 Å². The van der Waals surface area contributed by atoms with Gasteiger partial charge in [0.15, 0.2) is 0 Å². The maximum atomic E-state index is 10.7. The lowest BCUT2D eigenvalue weighted by Gasteiger charge is -2.03. The number of nitrogens with zero attached hydrogens (tertiary/aromatic N) is 2. The number of hydrogen-bond donors (Lipinski definition) is 1. The van der Waals surface area contributed by atoms with Gasteiger partial charge in [-0.2, -0.15) is 11.8 Å². The number of thioether (sulfide) groups is 1. The maximum absolute atomic E-state index is 10.7. The largest absolute Gasteiger partial charge is 0.481 e. The highest BCUT2D eigenvalue weighted by Gasteiger charge is 2.11. The highest BCUT2D eigenvalue weighted by molar-refractivity contribution is 7.98. The molecular weight excluding hydrogens is 248 g/mol. The molecule has 0 aliphatic rings. The first-order valence-corrected chi connectivity index (χ1v) is 6.97. The average molecular weight is 264 g/mol. The van der Waals surface area contributed by atoms with Crippen molar-refractivity contribution >= 4 is 23.4 Å². The van der Waals surface area contributed by atoms with Crippen molar-refractivity contribution < 1.29 is 9.90 Å². The number of hydrogen-bond acceptors (Lipinski definition) is 3. The summed E-state index contributed by atoms with van der Waals surface area (Å²) in [6.45, 7) is 3.76. The van der Waals surface area contributed by atoms with E-state index in [0.717, 1.165) is 22.7 Å². The van der Waals surface area contributed by atoms with Crippen molar-refractivity contribution in [2.75, 3.05) is 5.75 Å². The lowest BCUT2D eigenvalue weighted by Crippen LogP contribution is -2.11. The molecule has 1 N–H and O–H groups in total. The molecule has 4 nitrogen and oxygen atoms in total. The van der Waals surface area contributed by atoms with E-state index in [1.807, 2.05) is 35.9 Å². The molecule has 0 spiro atoms. The molecule has 96 valence electrons. The quantitative estimate of drug-likeness (QED) is 0.902. The smallest absolute Gasteiger partial charge is 0.307 e. The van der Waals surface area contributed by atoms with Crippen LogP contribution in [0.4, 0.5) is 0 Å². The molecule has 0 aliphatic heterocycles. The van der Waals surface area contributed by atoms with Crippen molar-refractivity contribution in [1.82, 2.24) is 9.38 Å². The van der Waals surface area contributed by atoms with Crippen LogP contribution in [-0.4, -0.2) is 26.2 Å². The van der Waals surface area contributed by atoms with E-state index in [-0.39, 0.29) is 5.92 Å². The first-order chi connectivity index (χ1) is 8.58. The number of rotatable bonds is 5. The molecule has 2 aromatic rings. The fourth-order valence-corrected chi connectivity index (χ4v) is 2.65. The number of pyridine rings is 1. The minimum absolute atomic E-state index is 0.311. The first-order valence-electron chi connectivity index (χ1n) is 5.81. The number of carboxylic acids is 1. The second kappa shape index (κ2) is 5.44. The Hall–Kier alpha value is -1.49. The van der Waals surface area contributed by atoms with Crippen LogP contribution in [0.25, 0.3) is 5.65 Å². The fourth-order valence-electron chi connectivity index (χ4n) is 1.69. The molecule has 0 saturated carbocycles. The molecule has 0 aromatic carbocycles. The summed E-state index contributed by atoms with van der Waals surface area (Å²) < 4.78 is 2.01. The van der Waals surface area contributed by atoms with Crippen molar-refractivity contribution in [3.63, 3.8) is 0 Å². The molecule has 18 heavy (non-hydrogen) atoms. The molecule has 1 unspecified atom stereocenters. The van der Waals surface area contributed by atoms with Gasteiger partial charge in [-0.05, 0) is 18.6 Å². The van der Waals surface area contributed by atoms with Gasteiger partial charge in [-0.3, -0.25) is 4.79 Å². The molecule has 0 saturated heterocycles. The normalized spacial score (nSPS) is 12.8. The Bertz CT molecular complexity index is 565. The summed E-state index contributed by atoms with van der Waals surface area (Å²) in [5, 5.41) is 8.80. The Balaban J connectivity index is 2.00. The predicted molar refractivity (Wildman–Crippen MR) is 72.9 cm³/mol. The third kappa shape index (κ3) is 2.85. The summed E-state index contributed by atoms with van der Waals surface area (Å²) >= 11 is 1.61. The van der Waals surface area contributed by atoms with E-state index in [1.165, 1.54) is 0 Å². The van der Waals surface area contributed by atoms with Crippen molar-refractivity contribution in [2.24, 2.45) is 5.92 Å². The van der Waals surface area contributed by atoms with E-state index in [0.29, 0.717) is 5.75 Å². The van der Waals surface area contributed by atoms with E-state index < -0.39 is 5.97 Å². The number of aryl methyl sites for hydroxylation is 1. The number of carbonyl (C=O) groups is 1. The molecule has 1 atom stereocenters. The summed E-state index contributed by atoms with van der Waals surface area (Å²) in [7, 11) is 0. The van der Waals surface area contributed by atoms with E-state index in [2.05, 4.69) is 4.98 Å². The zero-order valence-electron chi connectivity index (χ0n) is 10.5. The second-order valence-corrected chi connectivity index (χ2v) is 5.44. The highest BCUT2D eigenvalue weighted by atomic mass is 32.2. The molecule has 0 aliphatic carbocycles. The summed E-state index contributed by atoms with van der Waals surface area (Å²) in [6, 6.07) is 4.03. The van der Waals surface area contributed by atoms with Gasteiger partial charge in [0.1, 0.15) is 5.65 Å². The zero-order valence-corrected chi connectivity index (χ0v) is 11.3. The van der Waals surface area contributed by atoms with Crippen LogP contribution in [0.5, 0.6) is 0 Å². The van der Waals surface area contributed by atoms with Crippen LogP contribution in [0.2, 0.25) is 0 Å². The van der Waals surface area contributed by atoms with E-state index in [4.69, 9.17) is 5.11 Å². The minimum atomic E-state index is -0.742. The number of aromatic nitrogens is 2. The van der Waals surface area contributed by atoms with Gasteiger partial charge in [-0.25, -0.2) is 4.98 Å². The monoisotopic (exact) mass is 264 g/mol. The summed E-state index contributed by atoms with van der Waals surface area (Å²) in [4.78, 5) is 15.2.